The van der Waals surface area contributed by atoms with Gasteiger partial charge in [-0.15, -0.1) is 0 Å². The van der Waals surface area contributed by atoms with E-state index in [0.717, 1.165) is 12.1 Å². The Bertz CT molecular complexity index is 147. The van der Waals surface area contributed by atoms with Gasteiger partial charge in [-0.05, 0) is 19.5 Å². The van der Waals surface area contributed by atoms with E-state index in [9.17, 15) is 0 Å². The number of hydrogen-bond acceptors (Lipinski definition) is 2. The van der Waals surface area contributed by atoms with Crippen LogP contribution < -0.4 is 11.1 Å². The second-order valence-electron chi connectivity index (χ2n) is 2.17. The highest BCUT2D eigenvalue weighted by molar-refractivity contribution is 5.20. The van der Waals surface area contributed by atoms with E-state index in [1.807, 2.05) is 19.2 Å². The Kier molecular flexibility index (Phi) is 1.90. The minimum atomic E-state index is 0.356. The number of nitrogens with two attached hydrogens (primary N) is 1. The first-order chi connectivity index (χ1) is 4.34. The van der Waals surface area contributed by atoms with E-state index < -0.39 is 0 Å². The maximum Gasteiger partial charge on any atom is 0.0500 e. The van der Waals surface area contributed by atoms with Crippen LogP contribution in [0.2, 0.25) is 0 Å². The van der Waals surface area contributed by atoms with E-state index in [-0.39, 0.29) is 0 Å². The second-order valence-corrected chi connectivity index (χ2v) is 2.17. The van der Waals surface area contributed by atoms with Crippen molar-refractivity contribution in [2.24, 2.45) is 5.73 Å². The lowest BCUT2D eigenvalue weighted by molar-refractivity contribution is 0.632. The predicted octanol–water partition coefficient (Wildman–Crippen LogP) is 0.377. The van der Waals surface area contributed by atoms with E-state index in [0.29, 0.717) is 6.04 Å². The maximum absolute atomic E-state index is 5.64. The number of allylic oxidation sites excluding steroid dienone is 2. The van der Waals surface area contributed by atoms with Gasteiger partial charge in [-0.1, -0.05) is 12.2 Å². The summed E-state index contributed by atoms with van der Waals surface area (Å²) in [6, 6.07) is 0.356. The van der Waals surface area contributed by atoms with E-state index in [2.05, 4.69) is 11.4 Å². The number of nitrogens with one attached hydrogen (secondary N) is 1. The number of likely N-dealkylation sites (N-methyl/N-ethyl adjacent to an activating group) is 1. The van der Waals surface area contributed by atoms with Crippen LogP contribution in [0, 0.1) is 0 Å². The normalized spacial score (nSPS) is 25.9. The zero-order valence-corrected chi connectivity index (χ0v) is 5.59. The first-order valence-electron chi connectivity index (χ1n) is 3.14. The lowest BCUT2D eigenvalue weighted by Gasteiger charge is -2.16. The molecule has 0 saturated heterocycles. The third-order valence-electron chi connectivity index (χ3n) is 1.55. The molecule has 0 aliphatic heterocycles. The minimum absolute atomic E-state index is 0.356. The summed E-state index contributed by atoms with van der Waals surface area (Å²) in [5, 5.41) is 3.11. The molecular weight excluding hydrogens is 112 g/mol. The molecule has 0 amide bonds. The highest BCUT2D eigenvalue weighted by Gasteiger charge is 2.07. The van der Waals surface area contributed by atoms with E-state index in [1.165, 1.54) is 0 Å². The molecule has 1 aliphatic carbocycles. The van der Waals surface area contributed by atoms with Crippen LogP contribution in [-0.4, -0.2) is 13.1 Å². The van der Waals surface area contributed by atoms with Crippen molar-refractivity contribution in [2.75, 3.05) is 7.05 Å². The summed E-state index contributed by atoms with van der Waals surface area (Å²) < 4.78 is 0. The number of rotatable bonds is 1. The SMILES string of the molecule is CNC1CC=CC=C1N. The Hall–Kier alpha value is -0.760. The van der Waals surface area contributed by atoms with Crippen molar-refractivity contribution in [1.82, 2.24) is 5.32 Å². The van der Waals surface area contributed by atoms with Crippen LogP contribution in [0.15, 0.2) is 23.9 Å². The van der Waals surface area contributed by atoms with Gasteiger partial charge in [0, 0.05) is 11.7 Å². The zero-order chi connectivity index (χ0) is 6.69. The second kappa shape index (κ2) is 2.69. The van der Waals surface area contributed by atoms with Gasteiger partial charge in [-0.25, -0.2) is 0 Å². The topological polar surface area (TPSA) is 38.0 Å². The molecule has 3 N–H and O–H groups in total. The molecule has 0 radical (unpaired) electrons. The van der Waals surface area contributed by atoms with Gasteiger partial charge in [-0.2, -0.15) is 0 Å². The summed E-state index contributed by atoms with van der Waals surface area (Å²) in [6.07, 6.45) is 7.05. The zero-order valence-electron chi connectivity index (χ0n) is 5.59. The highest BCUT2D eigenvalue weighted by Crippen LogP contribution is 2.06. The van der Waals surface area contributed by atoms with Crippen molar-refractivity contribution in [3.05, 3.63) is 23.9 Å². The standard InChI is InChI=1S/C7H12N2/c1-9-7-5-3-2-4-6(7)8/h2-4,7,9H,5,8H2,1H3. The van der Waals surface area contributed by atoms with Crippen LogP contribution in [0.4, 0.5) is 0 Å². The van der Waals surface area contributed by atoms with Crippen LogP contribution in [0.1, 0.15) is 6.42 Å². The van der Waals surface area contributed by atoms with Crippen molar-refractivity contribution in [3.8, 4) is 0 Å². The van der Waals surface area contributed by atoms with Crippen LogP contribution in [-0.2, 0) is 0 Å². The van der Waals surface area contributed by atoms with Gasteiger partial charge >= 0.3 is 0 Å². The molecule has 0 aromatic carbocycles. The summed E-state index contributed by atoms with van der Waals surface area (Å²) in [7, 11) is 1.92. The van der Waals surface area contributed by atoms with E-state index in [4.69, 9.17) is 5.73 Å². The van der Waals surface area contributed by atoms with Gasteiger partial charge in [0.15, 0.2) is 0 Å². The maximum atomic E-state index is 5.64. The lowest BCUT2D eigenvalue weighted by atomic mass is 10.1. The molecule has 0 aromatic heterocycles. The minimum Gasteiger partial charge on any atom is -0.401 e. The van der Waals surface area contributed by atoms with Crippen molar-refractivity contribution in [3.63, 3.8) is 0 Å². The lowest BCUT2D eigenvalue weighted by Crippen LogP contribution is -2.31. The van der Waals surface area contributed by atoms with Gasteiger partial charge in [0.1, 0.15) is 0 Å². The van der Waals surface area contributed by atoms with Crippen molar-refractivity contribution in [2.45, 2.75) is 12.5 Å². The molecule has 0 fully saturated rings. The molecular formula is C7H12N2. The molecule has 2 heteroatoms. The van der Waals surface area contributed by atoms with Crippen LogP contribution >= 0.6 is 0 Å². The van der Waals surface area contributed by atoms with Crippen LogP contribution in [0.3, 0.4) is 0 Å². The van der Waals surface area contributed by atoms with Gasteiger partial charge in [0.05, 0.1) is 0 Å². The average Bonchev–Trinajstić information content (AvgIpc) is 1.89. The fourth-order valence-corrected chi connectivity index (χ4v) is 0.931. The largest absolute Gasteiger partial charge is 0.401 e. The average molecular weight is 124 g/mol. The molecule has 1 unspecified atom stereocenters. The van der Waals surface area contributed by atoms with Gasteiger partial charge in [0.25, 0.3) is 0 Å². The Morgan fingerprint density at radius 2 is 2.56 bits per heavy atom. The molecule has 0 aromatic rings. The van der Waals surface area contributed by atoms with Crippen molar-refractivity contribution in [1.29, 1.82) is 0 Å². The summed E-state index contributed by atoms with van der Waals surface area (Å²) >= 11 is 0. The Morgan fingerprint density at radius 3 is 3.00 bits per heavy atom. The summed E-state index contributed by atoms with van der Waals surface area (Å²) in [5.41, 5.74) is 6.57. The Labute approximate surface area is 55.4 Å². The third-order valence-corrected chi connectivity index (χ3v) is 1.55. The van der Waals surface area contributed by atoms with Crippen LogP contribution in [0.5, 0.6) is 0 Å². The van der Waals surface area contributed by atoms with E-state index in [1.54, 1.807) is 0 Å². The fourth-order valence-electron chi connectivity index (χ4n) is 0.931. The van der Waals surface area contributed by atoms with Crippen molar-refractivity contribution >= 4 is 0 Å². The number of hydrogen-bond donors (Lipinski definition) is 2. The quantitative estimate of drug-likeness (QED) is 0.530. The molecule has 1 atom stereocenters. The summed E-state index contributed by atoms with van der Waals surface area (Å²) in [6.45, 7) is 0. The summed E-state index contributed by atoms with van der Waals surface area (Å²) in [4.78, 5) is 0. The molecule has 0 spiro atoms. The Morgan fingerprint density at radius 1 is 1.78 bits per heavy atom. The fraction of sp³-hybridized carbons (Fsp3) is 0.429. The van der Waals surface area contributed by atoms with Crippen LogP contribution in [0.25, 0.3) is 0 Å². The van der Waals surface area contributed by atoms with Gasteiger partial charge in [-0.3, -0.25) is 0 Å². The molecule has 0 saturated carbocycles. The molecule has 50 valence electrons. The predicted molar refractivity (Wildman–Crippen MR) is 38.9 cm³/mol. The molecule has 1 aliphatic rings. The summed E-state index contributed by atoms with van der Waals surface area (Å²) in [5.74, 6) is 0. The third kappa shape index (κ3) is 1.33. The monoisotopic (exact) mass is 124 g/mol. The molecule has 0 heterocycles. The molecule has 9 heavy (non-hydrogen) atoms. The smallest absolute Gasteiger partial charge is 0.0500 e. The van der Waals surface area contributed by atoms with Crippen molar-refractivity contribution < 1.29 is 0 Å². The van der Waals surface area contributed by atoms with Gasteiger partial charge < -0.3 is 11.1 Å². The molecule has 2 nitrogen and oxygen atoms in total. The highest BCUT2D eigenvalue weighted by atomic mass is 14.9. The molecule has 1 rings (SSSR count). The van der Waals surface area contributed by atoms with E-state index >= 15 is 0 Å². The van der Waals surface area contributed by atoms with Gasteiger partial charge in [0.2, 0.25) is 0 Å². The molecule has 0 bridgehead atoms. The first kappa shape index (κ1) is 6.36. The Balaban J connectivity index is 2.59. The first-order valence-corrected chi connectivity index (χ1v) is 3.14.